The second-order valence-corrected chi connectivity index (χ2v) is 12.6. The molecular weight excluding hydrogens is 832 g/mol. The molecule has 0 bridgehead atoms. The molecule has 1 radical (unpaired) electrons. The van der Waals surface area contributed by atoms with E-state index in [0.717, 1.165) is 39.9 Å². The van der Waals surface area contributed by atoms with E-state index in [9.17, 15) is 26.3 Å². The molecule has 55 heavy (non-hydrogen) atoms. The molecule has 0 fully saturated rings. The summed E-state index contributed by atoms with van der Waals surface area (Å²) in [6.45, 7) is 4.98. The van der Waals surface area contributed by atoms with Crippen LogP contribution in [0.3, 0.4) is 0 Å². The van der Waals surface area contributed by atoms with Gasteiger partial charge < -0.3 is 9.11 Å². The first-order chi connectivity index (χ1) is 25.1. The summed E-state index contributed by atoms with van der Waals surface area (Å²) in [5.41, 5.74) is -6.11. The molecule has 0 spiro atoms. The molecule has 0 N–H and O–H groups in total. The Bertz CT molecular complexity index is 2090. The number of pyridine rings is 5. The summed E-state index contributed by atoms with van der Waals surface area (Å²) < 4.78 is 118. The fraction of sp³-hybridized carbons (Fsp3) is 0.182. The van der Waals surface area contributed by atoms with Crippen molar-refractivity contribution in [1.29, 1.82) is 10.5 Å². The van der Waals surface area contributed by atoms with Crippen LogP contribution in [-0.2, 0) is 42.7 Å². The van der Waals surface area contributed by atoms with E-state index in [4.69, 9.17) is 51.4 Å². The molecule has 5 heterocycles. The Morgan fingerprint density at radius 2 is 0.800 bits per heavy atom. The standard InChI is InChI=1S/C27H21N5.2C2H3N.2CHF3O3S.Cu/c1-27(24-14-4-7-19-30-24,25-15-8-12-22(31-25)20-10-2-5-17-28-20)26-16-9-13-23(32-26)21-11-3-6-18-29-21;2*1-2-3;2*2-1(3,4)8(5,6)7;/h2-19H,1H3;2*1H3;2*(H,5,6,7);/q;;;;;+2/p-2. The van der Waals surface area contributed by atoms with Crippen LogP contribution in [0.15, 0.2) is 110 Å². The second kappa shape index (κ2) is 22.1. The molecule has 0 aromatic carbocycles. The first kappa shape index (κ1) is 49.6. The van der Waals surface area contributed by atoms with Gasteiger partial charge in [0.1, 0.15) is 0 Å². The first-order valence-corrected chi connectivity index (χ1v) is 17.2. The number of nitrogens with zero attached hydrogens (tertiary/aromatic N) is 7. The van der Waals surface area contributed by atoms with Crippen molar-refractivity contribution >= 4 is 20.2 Å². The number of alkyl halides is 6. The third-order valence-electron chi connectivity index (χ3n) is 6.12. The van der Waals surface area contributed by atoms with Crippen LogP contribution in [0.5, 0.6) is 0 Å². The minimum atomic E-state index is -6.09. The number of aromatic nitrogens is 5. The van der Waals surface area contributed by atoms with Crippen molar-refractivity contribution in [3.8, 4) is 34.9 Å². The maximum absolute atomic E-state index is 10.7. The van der Waals surface area contributed by atoms with Gasteiger partial charge in [-0.25, -0.2) is 26.8 Å². The topological polar surface area (TPSA) is 226 Å². The molecule has 0 aliphatic heterocycles. The van der Waals surface area contributed by atoms with Gasteiger partial charge in [-0.1, -0.05) is 30.3 Å². The largest absolute Gasteiger partial charge is 2.00 e. The fourth-order valence-electron chi connectivity index (χ4n) is 3.79. The molecule has 0 saturated carbocycles. The van der Waals surface area contributed by atoms with Crippen LogP contribution in [-0.4, -0.2) is 61.9 Å². The SMILES string of the molecule is CC#N.CC#N.CC(c1ccccn1)(c1cccc(-c2ccccn2)n1)c1cccc(-c2ccccn2)n1.O=S(=O)([O-])C(F)(F)F.O=S(=O)([O-])C(F)(F)F.[Cu+2]. The number of hydrogen-bond donors (Lipinski definition) is 0. The van der Waals surface area contributed by atoms with Crippen LogP contribution in [0.1, 0.15) is 37.9 Å². The van der Waals surface area contributed by atoms with Crippen molar-refractivity contribution in [1.82, 2.24) is 24.9 Å². The Morgan fingerprint density at radius 1 is 0.527 bits per heavy atom. The van der Waals surface area contributed by atoms with E-state index < -0.39 is 36.7 Å². The van der Waals surface area contributed by atoms with Gasteiger partial charge in [0, 0.05) is 32.4 Å². The van der Waals surface area contributed by atoms with E-state index in [0.29, 0.717) is 0 Å². The van der Waals surface area contributed by atoms with Crippen molar-refractivity contribution in [3.05, 3.63) is 127 Å². The van der Waals surface area contributed by atoms with Gasteiger partial charge in [0.05, 0.1) is 57.4 Å². The molecule has 295 valence electrons. The van der Waals surface area contributed by atoms with Gasteiger partial charge in [0.2, 0.25) is 0 Å². The average molecular weight is 859 g/mol. The van der Waals surface area contributed by atoms with Gasteiger partial charge in [0.15, 0.2) is 20.2 Å². The maximum atomic E-state index is 10.7. The fourth-order valence-corrected chi connectivity index (χ4v) is 3.79. The van der Waals surface area contributed by atoms with Gasteiger partial charge >= 0.3 is 28.1 Å². The van der Waals surface area contributed by atoms with Crippen LogP contribution in [0.25, 0.3) is 22.8 Å². The van der Waals surface area contributed by atoms with Crippen molar-refractivity contribution < 1.29 is 69.4 Å². The summed E-state index contributed by atoms with van der Waals surface area (Å²) in [5.74, 6) is 0. The van der Waals surface area contributed by atoms with Gasteiger partial charge in [-0.3, -0.25) is 15.0 Å². The zero-order valence-corrected chi connectivity index (χ0v) is 30.9. The van der Waals surface area contributed by atoms with Crippen molar-refractivity contribution in [2.45, 2.75) is 37.2 Å². The number of rotatable bonds is 5. The summed E-state index contributed by atoms with van der Waals surface area (Å²) in [6, 6.07) is 33.1. The molecule has 0 aliphatic rings. The number of nitriles is 2. The van der Waals surface area contributed by atoms with Crippen LogP contribution < -0.4 is 0 Å². The van der Waals surface area contributed by atoms with E-state index in [-0.39, 0.29) is 17.1 Å². The van der Waals surface area contributed by atoms with Crippen molar-refractivity contribution in [2.24, 2.45) is 0 Å². The maximum Gasteiger partial charge on any atom is 2.00 e. The molecular formula is C33H27CuF6N7O6S2. The molecule has 0 atom stereocenters. The summed E-state index contributed by atoms with van der Waals surface area (Å²) in [7, 11) is -12.2. The van der Waals surface area contributed by atoms with Gasteiger partial charge in [-0.2, -0.15) is 36.9 Å². The third kappa shape index (κ3) is 15.5. The van der Waals surface area contributed by atoms with E-state index in [2.05, 4.69) is 16.9 Å². The quantitative estimate of drug-likeness (QED) is 0.0796. The smallest absolute Gasteiger partial charge is 0.741 e. The molecule has 22 heteroatoms. The monoisotopic (exact) mass is 858 g/mol. The summed E-state index contributed by atoms with van der Waals surface area (Å²) in [4.78, 5) is 23.7. The van der Waals surface area contributed by atoms with Crippen molar-refractivity contribution in [3.63, 3.8) is 0 Å². The Balaban J connectivity index is 0.00000105. The molecule has 5 rings (SSSR count). The van der Waals surface area contributed by atoms with Gasteiger partial charge in [-0.15, -0.1) is 0 Å². The average Bonchev–Trinajstić information content (AvgIpc) is 3.12. The molecule has 0 aliphatic carbocycles. The Kier molecular flexibility index (Phi) is 20.0. The summed E-state index contributed by atoms with van der Waals surface area (Å²) in [6.07, 6.45) is 5.36. The molecule has 5 aromatic rings. The van der Waals surface area contributed by atoms with E-state index >= 15 is 0 Å². The Labute approximate surface area is 322 Å². The molecule has 0 unspecified atom stereocenters. The van der Waals surface area contributed by atoms with Crippen molar-refractivity contribution in [2.75, 3.05) is 0 Å². The number of hydrogen-bond acceptors (Lipinski definition) is 13. The molecule has 0 saturated heterocycles. The zero-order valence-electron chi connectivity index (χ0n) is 28.4. The minimum absolute atomic E-state index is 0. The van der Waals surface area contributed by atoms with Crippen LogP contribution >= 0.6 is 0 Å². The second-order valence-electron chi connectivity index (χ2n) is 9.83. The molecule has 5 aromatic heterocycles. The predicted octanol–water partition coefficient (Wildman–Crippen LogP) is 6.51. The Hall–Kier alpha value is -5.35. The molecule has 13 nitrogen and oxygen atoms in total. The Morgan fingerprint density at radius 3 is 1.05 bits per heavy atom. The third-order valence-corrected chi connectivity index (χ3v) is 7.26. The van der Waals surface area contributed by atoms with Crippen LogP contribution in [0, 0.1) is 22.7 Å². The zero-order chi connectivity index (χ0) is 41.2. The molecule has 0 amide bonds. The summed E-state index contributed by atoms with van der Waals surface area (Å²) in [5, 5.41) is 14.6. The van der Waals surface area contributed by atoms with Gasteiger partial charge in [0.25, 0.3) is 0 Å². The van der Waals surface area contributed by atoms with Crippen LogP contribution in [0.4, 0.5) is 26.3 Å². The normalized spacial score (nSPS) is 10.9. The first-order valence-electron chi connectivity index (χ1n) is 14.4. The minimum Gasteiger partial charge on any atom is -0.741 e. The van der Waals surface area contributed by atoms with Gasteiger partial charge in [-0.05, 0) is 67.6 Å². The van der Waals surface area contributed by atoms with E-state index in [1.807, 2.05) is 91.0 Å². The number of halogens is 6. The van der Waals surface area contributed by atoms with E-state index in [1.54, 1.807) is 30.7 Å². The summed E-state index contributed by atoms with van der Waals surface area (Å²) >= 11 is 0. The van der Waals surface area contributed by atoms with Crippen LogP contribution in [0.2, 0.25) is 0 Å². The van der Waals surface area contributed by atoms with E-state index in [1.165, 1.54) is 13.8 Å². The predicted molar refractivity (Wildman–Crippen MR) is 179 cm³/mol.